The normalized spacial score (nSPS) is 21.5. The van der Waals surface area contributed by atoms with E-state index in [2.05, 4.69) is 10.6 Å². The van der Waals surface area contributed by atoms with E-state index in [0.717, 1.165) is 33.2 Å². The Morgan fingerprint density at radius 1 is 0.833 bits per heavy atom. The molecule has 156 valence electrons. The first kappa shape index (κ1) is 23.0. The Balaban J connectivity index is 0.000000175. The van der Waals surface area contributed by atoms with Crippen molar-refractivity contribution in [2.75, 3.05) is 0 Å². The van der Waals surface area contributed by atoms with E-state index in [0.29, 0.717) is 37.9 Å². The molecule has 3 aliphatic rings. The van der Waals surface area contributed by atoms with Gasteiger partial charge in [0.15, 0.2) is 0 Å². The van der Waals surface area contributed by atoms with Crippen molar-refractivity contribution in [3.05, 3.63) is 68.7 Å². The zero-order chi connectivity index (χ0) is 20.6. The van der Waals surface area contributed by atoms with Crippen molar-refractivity contribution in [3.8, 4) is 0 Å². The Morgan fingerprint density at radius 2 is 1.47 bits per heavy atom. The largest absolute Gasteiger partial charge is 0.323 e. The van der Waals surface area contributed by atoms with E-state index in [1.807, 2.05) is 36.4 Å². The second-order valence-corrected chi connectivity index (χ2v) is 8.45. The number of nitrogens with one attached hydrogen (secondary N) is 2. The Bertz CT molecular complexity index is 1030. The molecule has 0 saturated carbocycles. The summed E-state index contributed by atoms with van der Waals surface area (Å²) in [7, 11) is 0. The van der Waals surface area contributed by atoms with Crippen LogP contribution in [0.1, 0.15) is 35.1 Å². The van der Waals surface area contributed by atoms with E-state index in [4.69, 9.17) is 23.2 Å². The van der Waals surface area contributed by atoms with E-state index in [1.54, 1.807) is 0 Å². The first-order chi connectivity index (χ1) is 13.9. The van der Waals surface area contributed by atoms with E-state index in [1.165, 1.54) is 5.56 Å². The molecule has 5 rings (SSSR count). The van der Waals surface area contributed by atoms with Crippen LogP contribution in [0.25, 0.3) is 0 Å². The molecule has 2 aromatic rings. The van der Waals surface area contributed by atoms with Gasteiger partial charge < -0.3 is 5.32 Å². The summed E-state index contributed by atoms with van der Waals surface area (Å²) in [6.07, 6.45) is 3.85. The smallest absolute Gasteiger partial charge is 0.322 e. The van der Waals surface area contributed by atoms with Crippen molar-refractivity contribution in [1.82, 2.24) is 10.6 Å². The minimum atomic E-state index is -0.769. The Labute approximate surface area is 199 Å². The quantitative estimate of drug-likeness (QED) is 0.444. The molecule has 2 N–H and O–H groups in total. The average Bonchev–Trinajstić information content (AvgIpc) is 2.95. The third kappa shape index (κ3) is 4.49. The molecule has 8 heteroatoms. The van der Waals surface area contributed by atoms with Crippen LogP contribution in [0, 0.1) is 0 Å². The standard InChI is InChI=1S/C12H11ClN2O2.C10H9ClO.W/c13-9-3-1-2-7-6-12(5-4-8(7)9)10(16)14-11(17)15-12;11-10-3-1-2-7-6-8(12)4-5-9(7)10;/h1-3H,4-6H2,(H2,14,15,16,17);1-3H,4-6H2;. The molecule has 3 amide bonds. The van der Waals surface area contributed by atoms with Crippen LogP contribution < -0.4 is 10.6 Å². The topological polar surface area (TPSA) is 75.3 Å². The van der Waals surface area contributed by atoms with Gasteiger partial charge in [0.2, 0.25) is 0 Å². The first-order valence-electron chi connectivity index (χ1n) is 9.56. The summed E-state index contributed by atoms with van der Waals surface area (Å²) in [5.41, 5.74) is 3.64. The van der Waals surface area contributed by atoms with Crippen LogP contribution in [0.2, 0.25) is 10.0 Å². The number of urea groups is 1. The predicted molar refractivity (Wildman–Crippen MR) is 111 cm³/mol. The fraction of sp³-hybridized carbons (Fsp3) is 0.318. The van der Waals surface area contributed by atoms with Crippen LogP contribution in [0.15, 0.2) is 36.4 Å². The summed E-state index contributed by atoms with van der Waals surface area (Å²) in [6, 6.07) is 11.1. The van der Waals surface area contributed by atoms with Crippen molar-refractivity contribution in [1.29, 1.82) is 0 Å². The van der Waals surface area contributed by atoms with Gasteiger partial charge in [-0.3, -0.25) is 14.9 Å². The van der Waals surface area contributed by atoms with Gasteiger partial charge in [-0.1, -0.05) is 47.5 Å². The van der Waals surface area contributed by atoms with Crippen LogP contribution in [0.3, 0.4) is 0 Å². The molecular formula is C22H20Cl2N2O3W. The fourth-order valence-electron chi connectivity index (χ4n) is 4.24. The van der Waals surface area contributed by atoms with Crippen molar-refractivity contribution in [2.45, 2.75) is 44.1 Å². The van der Waals surface area contributed by atoms with Gasteiger partial charge in [-0.25, -0.2) is 4.79 Å². The van der Waals surface area contributed by atoms with Crippen LogP contribution in [-0.4, -0.2) is 23.3 Å². The Kier molecular flexibility index (Phi) is 7.06. The molecule has 1 saturated heterocycles. The number of carbonyl (C=O) groups is 3. The molecule has 2 aromatic carbocycles. The van der Waals surface area contributed by atoms with E-state index in [9.17, 15) is 14.4 Å². The summed E-state index contributed by atoms with van der Waals surface area (Å²) in [6.45, 7) is 0. The maximum atomic E-state index is 11.8. The third-order valence-corrected chi connectivity index (χ3v) is 6.49. The van der Waals surface area contributed by atoms with Crippen LogP contribution in [0.5, 0.6) is 0 Å². The molecule has 1 unspecified atom stereocenters. The number of Topliss-reactive ketones (excluding diaryl/α,β-unsaturated/α-hetero) is 1. The van der Waals surface area contributed by atoms with Gasteiger partial charge in [0.25, 0.3) is 5.91 Å². The molecule has 1 heterocycles. The molecule has 0 aromatic heterocycles. The van der Waals surface area contributed by atoms with E-state index < -0.39 is 11.6 Å². The molecule has 0 radical (unpaired) electrons. The molecule has 2 aliphatic carbocycles. The van der Waals surface area contributed by atoms with Gasteiger partial charge in [0.1, 0.15) is 11.3 Å². The summed E-state index contributed by atoms with van der Waals surface area (Å²) < 4.78 is 0. The minimum Gasteiger partial charge on any atom is -0.323 e. The van der Waals surface area contributed by atoms with Gasteiger partial charge in [-0.2, -0.15) is 0 Å². The minimum absolute atomic E-state index is 0. The van der Waals surface area contributed by atoms with Crippen molar-refractivity contribution < 1.29 is 35.4 Å². The molecule has 1 fully saturated rings. The van der Waals surface area contributed by atoms with Gasteiger partial charge in [0.05, 0.1) is 0 Å². The maximum Gasteiger partial charge on any atom is 0.322 e. The number of fused-ring (bicyclic) bond motifs is 2. The number of hydrogen-bond acceptors (Lipinski definition) is 3. The molecule has 30 heavy (non-hydrogen) atoms. The zero-order valence-electron chi connectivity index (χ0n) is 16.1. The molecule has 1 aliphatic heterocycles. The first-order valence-corrected chi connectivity index (χ1v) is 10.3. The number of rotatable bonds is 0. The molecule has 1 atom stereocenters. The maximum absolute atomic E-state index is 11.8. The van der Waals surface area contributed by atoms with Gasteiger partial charge >= 0.3 is 6.03 Å². The SMILES string of the molecule is O=C1CCc2c(Cl)cccc2C1.O=C1NC(=O)C2(CCc3c(Cl)cccc3C2)N1.[W]. The van der Waals surface area contributed by atoms with E-state index in [-0.39, 0.29) is 27.0 Å². The Morgan fingerprint density at radius 3 is 2.10 bits per heavy atom. The van der Waals surface area contributed by atoms with E-state index >= 15 is 0 Å². The van der Waals surface area contributed by atoms with Gasteiger partial charge in [-0.15, -0.1) is 0 Å². The van der Waals surface area contributed by atoms with Crippen molar-refractivity contribution in [3.63, 3.8) is 0 Å². The molecule has 5 nitrogen and oxygen atoms in total. The second kappa shape index (κ2) is 9.21. The number of halogens is 2. The van der Waals surface area contributed by atoms with Crippen LogP contribution in [0.4, 0.5) is 4.79 Å². The summed E-state index contributed by atoms with van der Waals surface area (Å²) in [5, 5.41) is 6.58. The average molecular weight is 615 g/mol. The van der Waals surface area contributed by atoms with Crippen LogP contribution >= 0.6 is 23.2 Å². The Hall–Kier alpha value is -1.68. The number of benzene rings is 2. The summed E-state index contributed by atoms with van der Waals surface area (Å²) >= 11 is 12.1. The monoisotopic (exact) mass is 614 g/mol. The summed E-state index contributed by atoms with van der Waals surface area (Å²) in [5.74, 6) is 0.0953. The van der Waals surface area contributed by atoms with Crippen molar-refractivity contribution >= 4 is 40.9 Å². The fourth-order valence-corrected chi connectivity index (χ4v) is 4.82. The summed E-state index contributed by atoms with van der Waals surface area (Å²) in [4.78, 5) is 34.2. The number of ketones is 1. The third-order valence-electron chi connectivity index (χ3n) is 5.78. The predicted octanol–water partition coefficient (Wildman–Crippen LogP) is 3.80. The number of carbonyl (C=O) groups excluding carboxylic acids is 3. The van der Waals surface area contributed by atoms with Crippen LogP contribution in [-0.2, 0) is 56.3 Å². The van der Waals surface area contributed by atoms with Crippen molar-refractivity contribution in [2.24, 2.45) is 0 Å². The number of imide groups is 1. The second-order valence-electron chi connectivity index (χ2n) is 7.64. The molecular weight excluding hydrogens is 595 g/mol. The molecule has 0 bridgehead atoms. The molecule has 1 spiro atoms. The number of amides is 3. The van der Waals surface area contributed by atoms with Gasteiger partial charge in [-0.05, 0) is 53.6 Å². The number of hydrogen-bond donors (Lipinski definition) is 2. The van der Waals surface area contributed by atoms with Gasteiger partial charge in [0, 0.05) is 50.4 Å². The zero-order valence-corrected chi connectivity index (χ0v) is 20.5.